The zero-order valence-corrected chi connectivity index (χ0v) is 13.7. The highest BCUT2D eigenvalue weighted by molar-refractivity contribution is 7.89. The number of hydrogen-bond acceptors (Lipinski definition) is 6. The van der Waals surface area contributed by atoms with E-state index in [0.717, 1.165) is 24.6 Å². The van der Waals surface area contributed by atoms with Crippen LogP contribution in [0.25, 0.3) is 0 Å². The summed E-state index contributed by atoms with van der Waals surface area (Å²) in [6.07, 6.45) is -2.27. The van der Waals surface area contributed by atoms with Gasteiger partial charge >= 0.3 is 6.18 Å². The van der Waals surface area contributed by atoms with Crippen molar-refractivity contribution in [3.05, 3.63) is 41.5 Å². The fourth-order valence-electron chi connectivity index (χ4n) is 2.39. The van der Waals surface area contributed by atoms with Gasteiger partial charge in [-0.2, -0.15) is 18.2 Å². The maximum atomic E-state index is 12.7. The summed E-state index contributed by atoms with van der Waals surface area (Å²) >= 11 is 0. The second-order valence-electron chi connectivity index (χ2n) is 5.87. The van der Waals surface area contributed by atoms with Crippen molar-refractivity contribution in [2.75, 3.05) is 0 Å². The third-order valence-corrected chi connectivity index (χ3v) is 5.44. The summed E-state index contributed by atoms with van der Waals surface area (Å²) < 4.78 is 69.5. The molecule has 1 fully saturated rings. The largest absolute Gasteiger partial charge is 0.416 e. The van der Waals surface area contributed by atoms with E-state index in [9.17, 15) is 21.6 Å². The summed E-state index contributed by atoms with van der Waals surface area (Å²) in [5.41, 5.74) is 4.34. The van der Waals surface area contributed by atoms with Gasteiger partial charge in [-0.3, -0.25) is 0 Å². The minimum absolute atomic E-state index is 0.0118. The molecule has 3 N–H and O–H groups in total. The van der Waals surface area contributed by atoms with E-state index in [4.69, 9.17) is 10.3 Å². The molecule has 2 aromatic rings. The van der Waals surface area contributed by atoms with Crippen LogP contribution in [0, 0.1) is 0 Å². The second kappa shape index (κ2) is 6.07. The quantitative estimate of drug-likeness (QED) is 0.825. The molecular weight excluding hydrogens is 361 g/mol. The first-order valence-electron chi connectivity index (χ1n) is 7.39. The number of alkyl halides is 3. The van der Waals surface area contributed by atoms with Crippen LogP contribution in [0.3, 0.4) is 0 Å². The Balaban J connectivity index is 1.72. The van der Waals surface area contributed by atoms with Crippen molar-refractivity contribution in [2.24, 2.45) is 5.73 Å². The standard InChI is InChI=1S/C14H15F3N4O3S/c15-14(16,17)9-3-1-4-10(7-9)25(22,23)19-8-11-20-12(21-24-11)13(18)5-2-6-13/h1,3-4,7,19H,2,5-6,8,18H2. The van der Waals surface area contributed by atoms with E-state index in [2.05, 4.69) is 14.9 Å². The molecule has 1 aliphatic rings. The molecule has 0 saturated heterocycles. The van der Waals surface area contributed by atoms with Gasteiger partial charge in [0.25, 0.3) is 0 Å². The predicted octanol–water partition coefficient (Wildman–Crippen LogP) is 1.90. The smallest absolute Gasteiger partial charge is 0.338 e. The van der Waals surface area contributed by atoms with Crippen LogP contribution < -0.4 is 10.5 Å². The Hall–Kier alpha value is -1.98. The maximum absolute atomic E-state index is 12.7. The van der Waals surface area contributed by atoms with E-state index in [-0.39, 0.29) is 12.4 Å². The van der Waals surface area contributed by atoms with Crippen molar-refractivity contribution in [3.63, 3.8) is 0 Å². The average Bonchev–Trinajstić information content (AvgIpc) is 2.99. The molecule has 0 bridgehead atoms. The van der Waals surface area contributed by atoms with Crippen LogP contribution in [0.1, 0.15) is 36.5 Å². The molecule has 1 aromatic carbocycles. The summed E-state index contributed by atoms with van der Waals surface area (Å²) in [5.74, 6) is 0.286. The normalized spacial score (nSPS) is 17.3. The van der Waals surface area contributed by atoms with Crippen LogP contribution >= 0.6 is 0 Å². The minimum atomic E-state index is -4.63. The van der Waals surface area contributed by atoms with Gasteiger partial charge < -0.3 is 10.3 Å². The van der Waals surface area contributed by atoms with Gasteiger partial charge in [-0.25, -0.2) is 13.1 Å². The topological polar surface area (TPSA) is 111 Å². The molecule has 136 valence electrons. The molecule has 3 rings (SSSR count). The number of halogens is 3. The number of aromatic nitrogens is 2. The first-order valence-corrected chi connectivity index (χ1v) is 8.87. The lowest BCUT2D eigenvalue weighted by molar-refractivity contribution is -0.137. The summed E-state index contributed by atoms with van der Waals surface area (Å²) in [5, 5.41) is 3.74. The van der Waals surface area contributed by atoms with Crippen LogP contribution in [0.15, 0.2) is 33.7 Å². The Morgan fingerprint density at radius 2 is 2.04 bits per heavy atom. The Labute approximate surface area is 141 Å². The molecule has 0 amide bonds. The predicted molar refractivity (Wildman–Crippen MR) is 79.5 cm³/mol. The molecule has 1 aliphatic carbocycles. The van der Waals surface area contributed by atoms with Crippen molar-refractivity contribution in [1.82, 2.24) is 14.9 Å². The van der Waals surface area contributed by atoms with E-state index in [1.807, 2.05) is 0 Å². The van der Waals surface area contributed by atoms with Crippen LogP contribution in [-0.4, -0.2) is 18.6 Å². The fourth-order valence-corrected chi connectivity index (χ4v) is 3.41. The molecule has 0 aliphatic heterocycles. The Kier molecular flexibility index (Phi) is 4.33. The van der Waals surface area contributed by atoms with E-state index in [1.54, 1.807) is 0 Å². The molecule has 1 saturated carbocycles. The van der Waals surface area contributed by atoms with Crippen LogP contribution in [-0.2, 0) is 28.3 Å². The molecule has 0 spiro atoms. The first-order chi connectivity index (χ1) is 11.6. The first kappa shape index (κ1) is 17.8. The number of sulfonamides is 1. The van der Waals surface area contributed by atoms with Gasteiger partial charge in [0.05, 0.1) is 22.5 Å². The number of nitrogens with zero attached hydrogens (tertiary/aromatic N) is 2. The van der Waals surface area contributed by atoms with Crippen LogP contribution in [0.4, 0.5) is 13.2 Å². The fraction of sp³-hybridized carbons (Fsp3) is 0.429. The van der Waals surface area contributed by atoms with Gasteiger partial charge in [0.2, 0.25) is 15.9 Å². The van der Waals surface area contributed by atoms with Gasteiger partial charge in [0, 0.05) is 0 Å². The third kappa shape index (κ3) is 3.67. The van der Waals surface area contributed by atoms with Crippen LogP contribution in [0.2, 0.25) is 0 Å². The summed E-state index contributed by atoms with van der Waals surface area (Å²) in [6, 6.07) is 3.45. The molecule has 1 aromatic heterocycles. The average molecular weight is 376 g/mol. The molecule has 11 heteroatoms. The molecule has 25 heavy (non-hydrogen) atoms. The molecule has 0 radical (unpaired) electrons. The molecular formula is C14H15F3N4O3S. The Morgan fingerprint density at radius 1 is 1.32 bits per heavy atom. The molecule has 1 heterocycles. The number of hydrogen-bond donors (Lipinski definition) is 2. The second-order valence-corrected chi connectivity index (χ2v) is 7.64. The number of benzene rings is 1. The molecule has 7 nitrogen and oxygen atoms in total. The number of nitrogens with one attached hydrogen (secondary N) is 1. The number of rotatable bonds is 5. The monoisotopic (exact) mass is 376 g/mol. The summed E-state index contributed by atoms with van der Waals surface area (Å²) in [6.45, 7) is -0.346. The number of nitrogens with two attached hydrogens (primary N) is 1. The van der Waals surface area contributed by atoms with Crippen molar-refractivity contribution in [3.8, 4) is 0 Å². The van der Waals surface area contributed by atoms with Crippen molar-refractivity contribution < 1.29 is 26.1 Å². The van der Waals surface area contributed by atoms with E-state index >= 15 is 0 Å². The van der Waals surface area contributed by atoms with Crippen molar-refractivity contribution in [2.45, 2.75) is 42.4 Å². The highest BCUT2D eigenvalue weighted by Gasteiger charge is 2.39. The van der Waals surface area contributed by atoms with E-state index in [0.29, 0.717) is 24.7 Å². The lowest BCUT2D eigenvalue weighted by Crippen LogP contribution is -2.44. The zero-order valence-electron chi connectivity index (χ0n) is 12.9. The van der Waals surface area contributed by atoms with Crippen molar-refractivity contribution >= 4 is 10.0 Å². The van der Waals surface area contributed by atoms with E-state index in [1.165, 1.54) is 0 Å². The third-order valence-electron chi connectivity index (χ3n) is 4.04. The Morgan fingerprint density at radius 3 is 2.64 bits per heavy atom. The molecule has 0 atom stereocenters. The lowest BCUT2D eigenvalue weighted by Gasteiger charge is -2.34. The van der Waals surface area contributed by atoms with Gasteiger partial charge in [-0.05, 0) is 37.5 Å². The zero-order chi connectivity index (χ0) is 18.3. The van der Waals surface area contributed by atoms with Gasteiger partial charge in [0.1, 0.15) is 0 Å². The highest BCUT2D eigenvalue weighted by atomic mass is 32.2. The summed E-state index contributed by atoms with van der Waals surface area (Å²) in [7, 11) is -4.17. The minimum Gasteiger partial charge on any atom is -0.338 e. The van der Waals surface area contributed by atoms with E-state index < -0.39 is 32.2 Å². The van der Waals surface area contributed by atoms with Gasteiger partial charge in [0.15, 0.2) is 5.82 Å². The summed E-state index contributed by atoms with van der Waals surface area (Å²) in [4.78, 5) is 3.54. The van der Waals surface area contributed by atoms with Crippen molar-refractivity contribution in [1.29, 1.82) is 0 Å². The molecule has 0 unspecified atom stereocenters. The Bertz CT molecular complexity index is 875. The lowest BCUT2D eigenvalue weighted by atomic mass is 9.77. The van der Waals surface area contributed by atoms with Gasteiger partial charge in [-0.1, -0.05) is 11.2 Å². The van der Waals surface area contributed by atoms with Crippen LogP contribution in [0.5, 0.6) is 0 Å². The SMILES string of the molecule is NC1(c2noc(CNS(=O)(=O)c3cccc(C(F)(F)F)c3)n2)CCC1. The highest BCUT2D eigenvalue weighted by Crippen LogP contribution is 2.36. The van der Waals surface area contributed by atoms with Gasteiger partial charge in [-0.15, -0.1) is 0 Å². The maximum Gasteiger partial charge on any atom is 0.416 e.